The fourth-order valence-corrected chi connectivity index (χ4v) is 3.87. The van der Waals surface area contributed by atoms with Gasteiger partial charge >= 0.3 is 0 Å². The molecule has 0 radical (unpaired) electrons. The highest BCUT2D eigenvalue weighted by molar-refractivity contribution is 9.10. The topological polar surface area (TPSA) is 38.8 Å². The molecule has 0 aliphatic rings. The molecule has 0 saturated heterocycles. The molecule has 0 fully saturated rings. The molecule has 0 bridgehead atoms. The fourth-order valence-electron chi connectivity index (χ4n) is 2.10. The Balaban J connectivity index is 0.000000512. The van der Waals surface area contributed by atoms with E-state index >= 15 is 0 Å². The summed E-state index contributed by atoms with van der Waals surface area (Å²) in [6.45, 7) is -0.0934. The van der Waals surface area contributed by atoms with E-state index in [-0.39, 0.29) is 46.4 Å². The minimum absolute atomic E-state index is 0.0272. The highest BCUT2D eigenvalue weighted by Crippen LogP contribution is 2.56. The number of aldehydes is 1. The molecule has 206 valence electrons. The SMILES string of the molecule is COCCN(CCOC)S(F)(F)F.Fc1c(Cl)ccc(Br)c1C(F)F.O=Cc1c(Br)ccc(Cl)c1F. The van der Waals surface area contributed by atoms with Crippen LogP contribution in [0.2, 0.25) is 10.0 Å². The number of hydrogen-bond acceptors (Lipinski definition) is 4. The third-order valence-corrected chi connectivity index (χ3v) is 6.79. The van der Waals surface area contributed by atoms with Gasteiger partial charge in [-0.1, -0.05) is 39.1 Å². The number of benzene rings is 2. The predicted molar refractivity (Wildman–Crippen MR) is 135 cm³/mol. The normalized spacial score (nSPS) is 11.5. The summed E-state index contributed by atoms with van der Waals surface area (Å²) in [4.78, 5) is 10.3. The lowest BCUT2D eigenvalue weighted by molar-refractivity contribution is 0.111. The number of halogens is 11. The maximum absolute atomic E-state index is 12.9. The fraction of sp³-hybridized carbons (Fsp3) is 0.350. The van der Waals surface area contributed by atoms with Gasteiger partial charge in [-0.15, -0.1) is 11.7 Å². The standard InChI is InChI=1S/C7H3BrClF3.C7H3BrClFO.C6H14F3NO2S/c8-3-1-2-4(9)6(10)5(3)7(11)12;8-5-1-2-6(9)7(10)4(5)3-11;1-11-5-3-10(4-6-12-2)13(7,8)9/h1-2,7H;1-3H;3-6H2,1-2H3. The van der Waals surface area contributed by atoms with E-state index in [1.165, 1.54) is 38.5 Å². The molecule has 0 unspecified atom stereocenters. The molecular formula is C20H20Br2Cl2F7NO3S. The third kappa shape index (κ3) is 12.3. The van der Waals surface area contributed by atoms with E-state index < -0.39 is 35.0 Å². The molecule has 0 spiro atoms. The Morgan fingerprint density at radius 3 is 1.69 bits per heavy atom. The van der Waals surface area contributed by atoms with Crippen LogP contribution in [0, 0.1) is 11.6 Å². The van der Waals surface area contributed by atoms with Crippen molar-refractivity contribution in [3.8, 4) is 0 Å². The Hall–Kier alpha value is -0.610. The van der Waals surface area contributed by atoms with Gasteiger partial charge < -0.3 is 9.47 Å². The van der Waals surface area contributed by atoms with Crippen molar-refractivity contribution in [2.45, 2.75) is 6.43 Å². The lowest BCUT2D eigenvalue weighted by atomic mass is 10.2. The molecule has 0 atom stereocenters. The second kappa shape index (κ2) is 17.8. The molecule has 16 heteroatoms. The average Bonchev–Trinajstić information content (AvgIpc) is 2.79. The minimum Gasteiger partial charge on any atom is -0.383 e. The van der Waals surface area contributed by atoms with Crippen LogP contribution in [-0.2, 0) is 9.47 Å². The number of carbonyl (C=O) groups excluding carboxylic acids is 1. The van der Waals surface area contributed by atoms with Gasteiger partial charge in [-0.25, -0.2) is 17.6 Å². The summed E-state index contributed by atoms with van der Waals surface area (Å²) < 4.78 is 96.9. The first-order valence-electron chi connectivity index (χ1n) is 9.38. The molecule has 2 rings (SSSR count). The summed E-state index contributed by atoms with van der Waals surface area (Å²) in [5.74, 6) is -1.75. The van der Waals surface area contributed by atoms with Gasteiger partial charge in [-0.2, -0.15) is 4.31 Å². The number of methoxy groups -OCH3 is 2. The third-order valence-electron chi connectivity index (χ3n) is 3.88. The van der Waals surface area contributed by atoms with Crippen molar-refractivity contribution in [2.75, 3.05) is 40.5 Å². The van der Waals surface area contributed by atoms with Crippen LogP contribution in [0.1, 0.15) is 22.3 Å². The van der Waals surface area contributed by atoms with E-state index in [0.717, 1.165) is 0 Å². The van der Waals surface area contributed by atoms with E-state index in [1.807, 2.05) is 0 Å². The number of nitrogens with zero attached hydrogens (tertiary/aromatic N) is 1. The summed E-state index contributed by atoms with van der Waals surface area (Å²) in [5.41, 5.74) is -0.736. The van der Waals surface area contributed by atoms with Crippen LogP contribution in [0.4, 0.5) is 29.2 Å². The van der Waals surface area contributed by atoms with Crippen molar-refractivity contribution in [2.24, 2.45) is 0 Å². The Labute approximate surface area is 232 Å². The number of alkyl halides is 2. The van der Waals surface area contributed by atoms with Gasteiger partial charge in [-0.05, 0) is 40.2 Å². The van der Waals surface area contributed by atoms with Crippen LogP contribution >= 0.6 is 66.4 Å². The van der Waals surface area contributed by atoms with Crippen LogP contribution in [0.15, 0.2) is 33.2 Å². The van der Waals surface area contributed by atoms with Crippen LogP contribution in [0.5, 0.6) is 0 Å². The van der Waals surface area contributed by atoms with Crippen molar-refractivity contribution >= 4 is 72.7 Å². The Morgan fingerprint density at radius 1 is 0.917 bits per heavy atom. The van der Waals surface area contributed by atoms with Crippen LogP contribution in [0.3, 0.4) is 0 Å². The molecule has 4 nitrogen and oxygen atoms in total. The lowest BCUT2D eigenvalue weighted by Gasteiger charge is -2.26. The molecular weight excluding hydrogens is 698 g/mol. The lowest BCUT2D eigenvalue weighted by Crippen LogP contribution is -2.28. The molecule has 0 aromatic heterocycles. The van der Waals surface area contributed by atoms with Gasteiger partial charge in [0.05, 0.1) is 34.4 Å². The zero-order chi connectivity index (χ0) is 28.1. The van der Waals surface area contributed by atoms with E-state index in [9.17, 15) is 34.0 Å². The Morgan fingerprint density at radius 2 is 1.36 bits per heavy atom. The van der Waals surface area contributed by atoms with Crippen LogP contribution in [-0.4, -0.2) is 51.1 Å². The summed E-state index contributed by atoms with van der Waals surface area (Å²) in [6.07, 6.45) is -2.44. The minimum atomic E-state index is -5.14. The molecule has 0 N–H and O–H groups in total. The van der Waals surface area contributed by atoms with Gasteiger partial charge in [0.15, 0.2) is 17.9 Å². The predicted octanol–water partition coefficient (Wildman–Crippen LogP) is 9.19. The van der Waals surface area contributed by atoms with Crippen molar-refractivity contribution in [3.05, 3.63) is 66.0 Å². The van der Waals surface area contributed by atoms with Gasteiger partial charge in [0.25, 0.3) is 17.8 Å². The summed E-state index contributed by atoms with van der Waals surface area (Å²) in [6, 6.07) is 5.41. The number of ether oxygens (including phenoxy) is 2. The summed E-state index contributed by atoms with van der Waals surface area (Å²) >= 11 is 11.4. The summed E-state index contributed by atoms with van der Waals surface area (Å²) in [7, 11) is 2.75. The number of carbonyl (C=O) groups is 1. The maximum atomic E-state index is 12.9. The molecule has 36 heavy (non-hydrogen) atoms. The highest BCUT2D eigenvalue weighted by Gasteiger charge is 2.30. The first-order chi connectivity index (χ1) is 16.7. The molecule has 2 aromatic rings. The quantitative estimate of drug-likeness (QED) is 0.147. The number of rotatable bonds is 9. The Kier molecular flexibility index (Phi) is 17.5. The maximum Gasteiger partial charge on any atom is 0.278 e. The zero-order valence-corrected chi connectivity index (χ0v) is 24.0. The molecule has 0 aliphatic carbocycles. The van der Waals surface area contributed by atoms with Crippen molar-refractivity contribution in [1.82, 2.24) is 4.31 Å². The van der Waals surface area contributed by atoms with E-state index in [0.29, 0.717) is 15.1 Å². The molecule has 0 amide bonds. The van der Waals surface area contributed by atoms with Gasteiger partial charge in [0.2, 0.25) is 0 Å². The highest BCUT2D eigenvalue weighted by atomic mass is 79.9. The van der Waals surface area contributed by atoms with Crippen molar-refractivity contribution in [3.63, 3.8) is 0 Å². The van der Waals surface area contributed by atoms with Gasteiger partial charge in [0.1, 0.15) is 0 Å². The smallest absolute Gasteiger partial charge is 0.278 e. The zero-order valence-electron chi connectivity index (χ0n) is 18.5. The van der Waals surface area contributed by atoms with Gasteiger partial charge in [0, 0.05) is 36.3 Å². The largest absolute Gasteiger partial charge is 0.383 e. The second-order valence-electron chi connectivity index (χ2n) is 6.23. The molecule has 0 aliphatic heterocycles. The average molecular weight is 718 g/mol. The van der Waals surface area contributed by atoms with Crippen LogP contribution < -0.4 is 0 Å². The van der Waals surface area contributed by atoms with E-state index in [1.54, 1.807) is 0 Å². The van der Waals surface area contributed by atoms with Crippen molar-refractivity contribution in [1.29, 1.82) is 0 Å². The second-order valence-corrected chi connectivity index (χ2v) is 10.0. The Bertz CT molecular complexity index is 968. The van der Waals surface area contributed by atoms with E-state index in [4.69, 9.17) is 23.2 Å². The van der Waals surface area contributed by atoms with E-state index in [2.05, 4.69) is 41.3 Å². The molecule has 0 saturated carbocycles. The first kappa shape index (κ1) is 35.4. The monoisotopic (exact) mass is 715 g/mol. The molecule has 0 heterocycles. The molecule has 2 aromatic carbocycles. The summed E-state index contributed by atoms with van der Waals surface area (Å²) in [5, 5.41) is -0.344. The first-order valence-corrected chi connectivity index (χ1v) is 13.0. The van der Waals surface area contributed by atoms with Crippen LogP contribution in [0.25, 0.3) is 0 Å². The van der Waals surface area contributed by atoms with Crippen molar-refractivity contribution < 1.29 is 43.5 Å². The number of hydrogen-bond donors (Lipinski definition) is 0. The van der Waals surface area contributed by atoms with Gasteiger partial charge in [-0.3, -0.25) is 4.79 Å².